The number of carbonyl (C=O) groups excluding carboxylic acids is 1. The summed E-state index contributed by atoms with van der Waals surface area (Å²) in [4.78, 5) is 24.7. The summed E-state index contributed by atoms with van der Waals surface area (Å²) in [6.07, 6.45) is -1.60. The molecule has 0 bridgehead atoms. The molecule has 3 aromatic rings. The fourth-order valence-corrected chi connectivity index (χ4v) is 3.65. The van der Waals surface area contributed by atoms with E-state index in [1.54, 1.807) is 18.2 Å². The summed E-state index contributed by atoms with van der Waals surface area (Å²) in [5, 5.41) is 11.8. The van der Waals surface area contributed by atoms with Gasteiger partial charge in [-0.3, -0.25) is 5.32 Å². The lowest BCUT2D eigenvalue weighted by atomic mass is 10.0. The van der Waals surface area contributed by atoms with Crippen molar-refractivity contribution in [3.05, 3.63) is 83.9 Å². The number of hydrogen-bond acceptors (Lipinski definition) is 4. The molecule has 1 atom stereocenters. The SMILES string of the molecule is O=C(Nc1ccc(O[C@H]2CCN(C(=O)O)C2)c(-c2ccc(F)c(F)c2)c1)OCc1ccccc1. The quantitative estimate of drug-likeness (QED) is 0.498. The number of ether oxygens (including phenoxy) is 2. The van der Waals surface area contributed by atoms with Gasteiger partial charge in [-0.1, -0.05) is 36.4 Å². The van der Waals surface area contributed by atoms with Crippen molar-refractivity contribution in [3.8, 4) is 16.9 Å². The highest BCUT2D eigenvalue weighted by atomic mass is 19.2. The molecule has 0 aliphatic carbocycles. The molecule has 0 radical (unpaired) electrons. The third kappa shape index (κ3) is 5.61. The van der Waals surface area contributed by atoms with Crippen molar-refractivity contribution < 1.29 is 33.0 Å². The zero-order valence-electron chi connectivity index (χ0n) is 18.0. The predicted molar refractivity (Wildman–Crippen MR) is 121 cm³/mol. The first-order valence-electron chi connectivity index (χ1n) is 10.6. The van der Waals surface area contributed by atoms with E-state index in [0.717, 1.165) is 17.7 Å². The second kappa shape index (κ2) is 10.2. The molecule has 1 fully saturated rings. The minimum Gasteiger partial charge on any atom is -0.488 e. The third-order valence-electron chi connectivity index (χ3n) is 5.38. The minimum absolute atomic E-state index is 0.0889. The summed E-state index contributed by atoms with van der Waals surface area (Å²) < 4.78 is 38.7. The standard InChI is InChI=1S/C25H22F2N2O5/c26-21-8-6-17(12-22(21)27)20-13-18(28-24(30)33-15-16-4-2-1-3-5-16)7-9-23(20)34-19-10-11-29(14-19)25(31)32/h1-9,12-13,19H,10-11,14-15H2,(H,28,30)(H,31,32)/t19-/m0/s1. The second-order valence-electron chi connectivity index (χ2n) is 7.78. The van der Waals surface area contributed by atoms with E-state index in [1.807, 2.05) is 30.3 Å². The van der Waals surface area contributed by atoms with Crippen LogP contribution in [0.15, 0.2) is 66.7 Å². The number of benzene rings is 3. The number of anilines is 1. The normalized spacial score (nSPS) is 15.1. The number of nitrogens with one attached hydrogen (secondary N) is 1. The van der Waals surface area contributed by atoms with Crippen molar-refractivity contribution in [2.24, 2.45) is 0 Å². The van der Waals surface area contributed by atoms with Crippen molar-refractivity contribution >= 4 is 17.9 Å². The van der Waals surface area contributed by atoms with Crippen molar-refractivity contribution in [3.63, 3.8) is 0 Å². The van der Waals surface area contributed by atoms with Gasteiger partial charge < -0.3 is 19.5 Å². The van der Waals surface area contributed by atoms with Gasteiger partial charge in [-0.15, -0.1) is 0 Å². The zero-order valence-corrected chi connectivity index (χ0v) is 18.0. The molecule has 0 unspecified atom stereocenters. The molecule has 0 saturated carbocycles. The fraction of sp³-hybridized carbons (Fsp3) is 0.200. The van der Waals surface area contributed by atoms with Gasteiger partial charge in [-0.05, 0) is 41.5 Å². The maximum absolute atomic E-state index is 13.9. The Morgan fingerprint density at radius 2 is 1.82 bits per heavy atom. The second-order valence-corrected chi connectivity index (χ2v) is 7.78. The molecule has 1 aliphatic rings. The molecule has 1 aliphatic heterocycles. The summed E-state index contributed by atoms with van der Waals surface area (Å²) >= 11 is 0. The summed E-state index contributed by atoms with van der Waals surface area (Å²) in [5.74, 6) is -1.66. The Bertz CT molecular complexity index is 1190. The van der Waals surface area contributed by atoms with E-state index in [4.69, 9.17) is 14.6 Å². The van der Waals surface area contributed by atoms with Gasteiger partial charge in [0.2, 0.25) is 0 Å². The molecule has 9 heteroatoms. The van der Waals surface area contributed by atoms with Crippen LogP contribution in [0.25, 0.3) is 11.1 Å². The van der Waals surface area contributed by atoms with Crippen LogP contribution >= 0.6 is 0 Å². The molecule has 4 rings (SSSR count). The number of carbonyl (C=O) groups is 2. The summed E-state index contributed by atoms with van der Waals surface area (Å²) in [6, 6.07) is 17.4. The van der Waals surface area contributed by atoms with E-state index < -0.39 is 29.9 Å². The van der Waals surface area contributed by atoms with E-state index in [0.29, 0.717) is 35.5 Å². The molecule has 34 heavy (non-hydrogen) atoms. The van der Waals surface area contributed by atoms with E-state index in [2.05, 4.69) is 5.32 Å². The number of hydrogen-bond donors (Lipinski definition) is 2. The minimum atomic E-state index is -1.03. The molecular formula is C25H22F2N2O5. The fourth-order valence-electron chi connectivity index (χ4n) is 3.65. The van der Waals surface area contributed by atoms with Gasteiger partial charge in [0.1, 0.15) is 18.5 Å². The van der Waals surface area contributed by atoms with Crippen LogP contribution in [0.4, 0.5) is 24.1 Å². The first-order valence-corrected chi connectivity index (χ1v) is 10.6. The highest BCUT2D eigenvalue weighted by Gasteiger charge is 2.28. The Morgan fingerprint density at radius 3 is 2.53 bits per heavy atom. The molecule has 1 saturated heterocycles. The Morgan fingerprint density at radius 1 is 1.03 bits per heavy atom. The van der Waals surface area contributed by atoms with Crippen LogP contribution in [-0.2, 0) is 11.3 Å². The maximum Gasteiger partial charge on any atom is 0.411 e. The number of nitrogens with zero attached hydrogens (tertiary/aromatic N) is 1. The largest absolute Gasteiger partial charge is 0.488 e. The molecule has 3 aromatic carbocycles. The van der Waals surface area contributed by atoms with Gasteiger partial charge >= 0.3 is 12.2 Å². The van der Waals surface area contributed by atoms with Crippen molar-refractivity contribution in [2.45, 2.75) is 19.1 Å². The van der Waals surface area contributed by atoms with Crippen LogP contribution < -0.4 is 10.1 Å². The van der Waals surface area contributed by atoms with Gasteiger partial charge in [0, 0.05) is 24.2 Å². The van der Waals surface area contributed by atoms with Crippen molar-refractivity contribution in [1.29, 1.82) is 0 Å². The third-order valence-corrected chi connectivity index (χ3v) is 5.38. The summed E-state index contributed by atoms with van der Waals surface area (Å²) in [5.41, 5.74) is 1.94. The van der Waals surface area contributed by atoms with Gasteiger partial charge in [-0.25, -0.2) is 18.4 Å². The van der Waals surface area contributed by atoms with Crippen LogP contribution in [0.3, 0.4) is 0 Å². The van der Waals surface area contributed by atoms with Gasteiger partial charge in [0.15, 0.2) is 11.6 Å². The van der Waals surface area contributed by atoms with Crippen LogP contribution in [-0.4, -0.2) is 41.4 Å². The van der Waals surface area contributed by atoms with Crippen LogP contribution in [0.2, 0.25) is 0 Å². The van der Waals surface area contributed by atoms with Crippen molar-refractivity contribution in [1.82, 2.24) is 4.90 Å². The summed E-state index contributed by atoms with van der Waals surface area (Å²) in [6.45, 7) is 0.622. The number of amides is 2. The van der Waals surface area contributed by atoms with Crippen LogP contribution in [0.5, 0.6) is 5.75 Å². The number of rotatable bonds is 6. The Kier molecular flexibility index (Phi) is 6.91. The Hall–Kier alpha value is -4.14. The summed E-state index contributed by atoms with van der Waals surface area (Å²) in [7, 11) is 0. The average Bonchev–Trinajstić information content (AvgIpc) is 3.30. The van der Waals surface area contributed by atoms with Crippen LogP contribution in [0.1, 0.15) is 12.0 Å². The lowest BCUT2D eigenvalue weighted by molar-refractivity contribution is 0.145. The molecule has 0 spiro atoms. The molecule has 1 heterocycles. The highest BCUT2D eigenvalue weighted by molar-refractivity contribution is 5.87. The molecule has 2 N–H and O–H groups in total. The van der Waals surface area contributed by atoms with E-state index >= 15 is 0 Å². The van der Waals surface area contributed by atoms with E-state index in [-0.39, 0.29) is 13.2 Å². The number of likely N-dealkylation sites (tertiary alicyclic amines) is 1. The van der Waals surface area contributed by atoms with E-state index in [9.17, 15) is 18.4 Å². The first-order chi connectivity index (χ1) is 16.4. The predicted octanol–water partition coefficient (Wildman–Crippen LogP) is 5.51. The molecular weight excluding hydrogens is 446 g/mol. The number of halogens is 2. The van der Waals surface area contributed by atoms with E-state index in [1.165, 1.54) is 11.0 Å². The van der Waals surface area contributed by atoms with Gasteiger partial charge in [0.05, 0.1) is 6.54 Å². The maximum atomic E-state index is 13.9. The van der Waals surface area contributed by atoms with Gasteiger partial charge in [0.25, 0.3) is 0 Å². The zero-order chi connectivity index (χ0) is 24.1. The molecule has 0 aromatic heterocycles. The monoisotopic (exact) mass is 468 g/mol. The Balaban J connectivity index is 1.54. The molecule has 176 valence electrons. The average molecular weight is 468 g/mol. The lowest BCUT2D eigenvalue weighted by Gasteiger charge is -2.18. The smallest absolute Gasteiger partial charge is 0.411 e. The van der Waals surface area contributed by atoms with Crippen molar-refractivity contribution in [2.75, 3.05) is 18.4 Å². The van der Waals surface area contributed by atoms with Crippen LogP contribution in [0, 0.1) is 11.6 Å². The Labute approximate surface area is 194 Å². The molecule has 2 amide bonds. The van der Waals surface area contributed by atoms with Gasteiger partial charge in [-0.2, -0.15) is 0 Å². The first kappa shape index (κ1) is 23.0. The topological polar surface area (TPSA) is 88.1 Å². The highest BCUT2D eigenvalue weighted by Crippen LogP contribution is 2.35. The number of carboxylic acid groups (broad SMARTS) is 1. The molecule has 7 nitrogen and oxygen atoms in total. The lowest BCUT2D eigenvalue weighted by Crippen LogP contribution is -2.29.